The van der Waals surface area contributed by atoms with Crippen molar-refractivity contribution < 1.29 is 27.1 Å². The van der Waals surface area contributed by atoms with E-state index in [0.717, 1.165) is 22.5 Å². The maximum Gasteiger partial charge on any atom is 0.248 e. The van der Waals surface area contributed by atoms with Crippen LogP contribution in [0.4, 0.5) is 8.78 Å². The third-order valence-electron chi connectivity index (χ3n) is 5.31. The number of carbonyl (C=O) groups is 1. The zero-order valence-electron chi connectivity index (χ0n) is 14.9. The molecule has 3 rings (SSSR count). The smallest absolute Gasteiger partial charge is 0.248 e. The van der Waals surface area contributed by atoms with Crippen molar-refractivity contribution in [3.8, 4) is 0 Å². The molecule has 6 nitrogen and oxygen atoms in total. The maximum atomic E-state index is 14.0. The van der Waals surface area contributed by atoms with Gasteiger partial charge < -0.3 is 10.4 Å². The molecular weight excluding hydrogens is 378 g/mol. The number of hydrogen-bond acceptors (Lipinski definition) is 4. The van der Waals surface area contributed by atoms with Crippen LogP contribution in [0.2, 0.25) is 0 Å². The van der Waals surface area contributed by atoms with Crippen LogP contribution < -0.4 is 5.32 Å². The molecule has 1 aromatic rings. The predicted molar refractivity (Wildman–Crippen MR) is 94.2 cm³/mol. The van der Waals surface area contributed by atoms with Crippen LogP contribution in [-0.4, -0.2) is 49.0 Å². The lowest BCUT2D eigenvalue weighted by Gasteiger charge is -2.33. The second-order valence-electron chi connectivity index (χ2n) is 7.27. The molecule has 1 saturated heterocycles. The Morgan fingerprint density at radius 1 is 1.11 bits per heavy atom. The van der Waals surface area contributed by atoms with Crippen LogP contribution in [0.5, 0.6) is 0 Å². The number of amides is 1. The molecule has 2 N–H and O–H groups in total. The van der Waals surface area contributed by atoms with Gasteiger partial charge in [-0.2, -0.15) is 4.31 Å². The monoisotopic (exact) mass is 402 g/mol. The summed E-state index contributed by atoms with van der Waals surface area (Å²) in [6, 6.07) is 2.89. The van der Waals surface area contributed by atoms with Gasteiger partial charge in [-0.05, 0) is 50.7 Å². The Bertz CT molecular complexity index is 774. The minimum Gasteiger partial charge on any atom is -0.393 e. The maximum absolute atomic E-state index is 14.0. The van der Waals surface area contributed by atoms with Gasteiger partial charge in [0.15, 0.2) is 4.90 Å². The number of sulfonamides is 1. The molecule has 0 radical (unpaired) electrons. The lowest BCUT2D eigenvalue weighted by molar-refractivity contribution is -0.127. The van der Waals surface area contributed by atoms with E-state index < -0.39 is 32.5 Å². The summed E-state index contributed by atoms with van der Waals surface area (Å²) in [5.41, 5.74) is 0. The van der Waals surface area contributed by atoms with Crippen LogP contribution in [0.25, 0.3) is 0 Å². The van der Waals surface area contributed by atoms with Gasteiger partial charge in [0.05, 0.1) is 12.0 Å². The molecule has 1 saturated carbocycles. The molecule has 0 aromatic heterocycles. The molecule has 150 valence electrons. The summed E-state index contributed by atoms with van der Waals surface area (Å²) in [5, 5.41) is 12.5. The summed E-state index contributed by atoms with van der Waals surface area (Å²) < 4.78 is 54.3. The number of nitrogens with zero attached hydrogens (tertiary/aromatic N) is 1. The van der Waals surface area contributed by atoms with E-state index in [1.165, 1.54) is 0 Å². The van der Waals surface area contributed by atoms with E-state index in [1.54, 1.807) is 0 Å². The van der Waals surface area contributed by atoms with Crippen LogP contribution in [0, 0.1) is 17.6 Å². The lowest BCUT2D eigenvalue weighted by Crippen LogP contribution is -2.48. The summed E-state index contributed by atoms with van der Waals surface area (Å²) >= 11 is 0. The van der Waals surface area contributed by atoms with Crippen molar-refractivity contribution >= 4 is 15.9 Å². The molecule has 1 heterocycles. The van der Waals surface area contributed by atoms with Crippen molar-refractivity contribution in [3.63, 3.8) is 0 Å². The third-order valence-corrected chi connectivity index (χ3v) is 7.23. The summed E-state index contributed by atoms with van der Waals surface area (Å²) in [6.45, 7) is 0.0206. The molecule has 27 heavy (non-hydrogen) atoms. The van der Waals surface area contributed by atoms with Crippen LogP contribution in [-0.2, 0) is 14.8 Å². The van der Waals surface area contributed by atoms with Crippen molar-refractivity contribution in [1.29, 1.82) is 0 Å². The number of aliphatic hydroxyl groups is 1. The first kappa shape index (κ1) is 20.2. The average molecular weight is 402 g/mol. The molecule has 0 spiro atoms. The van der Waals surface area contributed by atoms with Crippen molar-refractivity contribution in [2.75, 3.05) is 13.1 Å². The first-order chi connectivity index (χ1) is 12.8. The van der Waals surface area contributed by atoms with Gasteiger partial charge in [-0.3, -0.25) is 4.79 Å². The van der Waals surface area contributed by atoms with E-state index in [1.807, 2.05) is 0 Å². The van der Waals surface area contributed by atoms with E-state index in [9.17, 15) is 27.1 Å². The highest BCUT2D eigenvalue weighted by molar-refractivity contribution is 7.89. The Balaban J connectivity index is 1.69. The molecule has 0 unspecified atom stereocenters. The van der Waals surface area contributed by atoms with Crippen molar-refractivity contribution in [2.45, 2.75) is 55.6 Å². The molecule has 9 heteroatoms. The Morgan fingerprint density at radius 2 is 1.74 bits per heavy atom. The summed E-state index contributed by atoms with van der Waals surface area (Å²) in [5.74, 6) is -3.08. The van der Waals surface area contributed by atoms with Crippen LogP contribution in [0.3, 0.4) is 0 Å². The highest BCUT2D eigenvalue weighted by Crippen LogP contribution is 2.28. The van der Waals surface area contributed by atoms with E-state index in [0.29, 0.717) is 38.5 Å². The van der Waals surface area contributed by atoms with E-state index >= 15 is 0 Å². The Kier molecular flexibility index (Phi) is 6.12. The first-order valence-corrected chi connectivity index (χ1v) is 10.7. The van der Waals surface area contributed by atoms with Gasteiger partial charge >= 0.3 is 0 Å². The van der Waals surface area contributed by atoms with E-state index in [-0.39, 0.29) is 31.1 Å². The normalized spacial score (nSPS) is 27.3. The fraction of sp³-hybridized carbons (Fsp3) is 0.611. The molecular formula is C18H24F2N2O4S. The van der Waals surface area contributed by atoms with Gasteiger partial charge in [-0.1, -0.05) is 6.07 Å². The van der Waals surface area contributed by atoms with Crippen LogP contribution in [0.1, 0.15) is 38.5 Å². The lowest BCUT2D eigenvalue weighted by atomic mass is 9.92. The fourth-order valence-electron chi connectivity index (χ4n) is 3.77. The van der Waals surface area contributed by atoms with Gasteiger partial charge in [0.2, 0.25) is 15.9 Å². The van der Waals surface area contributed by atoms with Gasteiger partial charge in [-0.15, -0.1) is 0 Å². The Hall–Kier alpha value is -1.58. The first-order valence-electron chi connectivity index (χ1n) is 9.21. The minimum atomic E-state index is -4.36. The standard InChI is InChI=1S/C18H24F2N2O4S/c19-15-4-1-5-16(20)17(15)27(25,26)22-10-2-3-12(11-22)18(24)21-13-6-8-14(23)9-7-13/h1,4-5,12-14,23H,2-3,6-11H2,(H,21,24)/t12-,13-,14-/m0/s1. The molecule has 2 fully saturated rings. The summed E-state index contributed by atoms with van der Waals surface area (Å²) in [7, 11) is -4.36. The fourth-order valence-corrected chi connectivity index (χ4v) is 5.40. The highest BCUT2D eigenvalue weighted by Gasteiger charge is 2.37. The number of aliphatic hydroxyl groups excluding tert-OH is 1. The Morgan fingerprint density at radius 3 is 2.37 bits per heavy atom. The average Bonchev–Trinajstić information content (AvgIpc) is 2.63. The predicted octanol–water partition coefficient (Wildman–Crippen LogP) is 1.79. The molecule has 1 aliphatic carbocycles. The molecule has 2 aliphatic rings. The summed E-state index contributed by atoms with van der Waals surface area (Å²) in [4.78, 5) is 11.6. The van der Waals surface area contributed by atoms with Crippen LogP contribution in [0.15, 0.2) is 23.1 Å². The largest absolute Gasteiger partial charge is 0.393 e. The van der Waals surface area contributed by atoms with E-state index in [2.05, 4.69) is 5.32 Å². The second-order valence-corrected chi connectivity index (χ2v) is 9.14. The van der Waals surface area contributed by atoms with Gasteiger partial charge in [0.1, 0.15) is 11.6 Å². The zero-order valence-corrected chi connectivity index (χ0v) is 15.7. The van der Waals surface area contributed by atoms with E-state index in [4.69, 9.17) is 0 Å². The topological polar surface area (TPSA) is 86.7 Å². The van der Waals surface area contributed by atoms with Crippen molar-refractivity contribution in [2.24, 2.45) is 5.92 Å². The molecule has 1 atom stereocenters. The summed E-state index contributed by atoms with van der Waals surface area (Å²) in [6.07, 6.45) is 3.25. The van der Waals surface area contributed by atoms with Gasteiger partial charge in [0.25, 0.3) is 0 Å². The van der Waals surface area contributed by atoms with Crippen LogP contribution >= 0.6 is 0 Å². The number of benzene rings is 1. The molecule has 0 bridgehead atoms. The van der Waals surface area contributed by atoms with Gasteiger partial charge in [-0.25, -0.2) is 17.2 Å². The SMILES string of the molecule is O=C(N[C@H]1CC[C@H](O)CC1)[C@H]1CCCN(S(=O)(=O)c2c(F)cccc2F)C1. The number of hydrogen-bond donors (Lipinski definition) is 2. The zero-order chi connectivity index (χ0) is 19.6. The number of halogens is 2. The molecule has 1 aromatic carbocycles. The number of piperidine rings is 1. The minimum absolute atomic E-state index is 0.0307. The Labute approximate surface area is 157 Å². The molecule has 1 amide bonds. The number of carbonyl (C=O) groups excluding carboxylic acids is 1. The third kappa shape index (κ3) is 4.47. The van der Waals surface area contributed by atoms with Gasteiger partial charge in [0, 0.05) is 19.1 Å². The van der Waals surface area contributed by atoms with Crippen molar-refractivity contribution in [3.05, 3.63) is 29.8 Å². The number of rotatable bonds is 4. The quantitative estimate of drug-likeness (QED) is 0.804. The highest BCUT2D eigenvalue weighted by atomic mass is 32.2. The molecule has 1 aliphatic heterocycles. The van der Waals surface area contributed by atoms with Crippen molar-refractivity contribution in [1.82, 2.24) is 9.62 Å². The second kappa shape index (κ2) is 8.20. The number of nitrogens with one attached hydrogen (secondary N) is 1.